The van der Waals surface area contributed by atoms with Crippen LogP contribution in [0.4, 0.5) is 0 Å². The number of rotatable bonds is 4. The minimum absolute atomic E-state index is 0.00335. The first-order valence-electron chi connectivity index (χ1n) is 5.91. The molecular formula is C13H16BrNOS. The molecule has 0 heterocycles. The van der Waals surface area contributed by atoms with Crippen molar-refractivity contribution in [2.24, 2.45) is 5.92 Å². The second-order valence-corrected chi connectivity index (χ2v) is 5.90. The summed E-state index contributed by atoms with van der Waals surface area (Å²) in [6, 6.07) is 5.88. The van der Waals surface area contributed by atoms with E-state index in [0.29, 0.717) is 17.5 Å². The highest BCUT2D eigenvalue weighted by Gasteiger charge is 2.37. The van der Waals surface area contributed by atoms with E-state index in [4.69, 9.17) is 0 Å². The van der Waals surface area contributed by atoms with Gasteiger partial charge in [0, 0.05) is 15.4 Å². The second kappa shape index (κ2) is 5.44. The Morgan fingerprint density at radius 1 is 1.59 bits per heavy atom. The Morgan fingerprint density at radius 3 is 3.06 bits per heavy atom. The van der Waals surface area contributed by atoms with Crippen LogP contribution < -0.4 is 5.32 Å². The lowest BCUT2D eigenvalue weighted by Crippen LogP contribution is -2.27. The van der Waals surface area contributed by atoms with Crippen LogP contribution in [0, 0.1) is 5.92 Å². The molecule has 1 amide bonds. The molecule has 0 saturated heterocycles. The minimum Gasteiger partial charge on any atom is -0.349 e. The van der Waals surface area contributed by atoms with Gasteiger partial charge in [-0.1, -0.05) is 13.3 Å². The van der Waals surface area contributed by atoms with Crippen LogP contribution in [0.15, 0.2) is 27.6 Å². The third-order valence-electron chi connectivity index (χ3n) is 3.09. The van der Waals surface area contributed by atoms with Gasteiger partial charge in [-0.15, -0.1) is 12.6 Å². The van der Waals surface area contributed by atoms with E-state index in [0.717, 1.165) is 15.8 Å². The van der Waals surface area contributed by atoms with Crippen molar-refractivity contribution < 1.29 is 4.79 Å². The monoisotopic (exact) mass is 313 g/mol. The maximum Gasteiger partial charge on any atom is 0.252 e. The minimum atomic E-state index is -0.00335. The molecule has 1 aliphatic rings. The van der Waals surface area contributed by atoms with Crippen molar-refractivity contribution in [1.82, 2.24) is 5.32 Å². The molecule has 4 heteroatoms. The second-order valence-electron chi connectivity index (χ2n) is 4.53. The van der Waals surface area contributed by atoms with Gasteiger partial charge in [-0.3, -0.25) is 4.79 Å². The number of nitrogens with one attached hydrogen (secondary N) is 1. The quantitative estimate of drug-likeness (QED) is 0.816. The number of halogens is 1. The van der Waals surface area contributed by atoms with Gasteiger partial charge in [-0.2, -0.15) is 0 Å². The number of thiol groups is 1. The summed E-state index contributed by atoms with van der Waals surface area (Å²) in [5.74, 6) is 0.679. The molecule has 1 aromatic carbocycles. The normalized spacial score (nSPS) is 22.3. The zero-order valence-corrected chi connectivity index (χ0v) is 12.2. The molecule has 1 aromatic rings. The number of carbonyl (C=O) groups excluding carboxylic acids is 1. The zero-order chi connectivity index (χ0) is 12.4. The first kappa shape index (κ1) is 13.0. The summed E-state index contributed by atoms with van der Waals surface area (Å²) in [7, 11) is 0. The Hall–Kier alpha value is -0.480. The third kappa shape index (κ3) is 3.26. The zero-order valence-electron chi connectivity index (χ0n) is 9.74. The summed E-state index contributed by atoms with van der Waals surface area (Å²) < 4.78 is 0.820. The maximum atomic E-state index is 12.0. The first-order chi connectivity index (χ1) is 8.11. The van der Waals surface area contributed by atoms with Gasteiger partial charge in [0.1, 0.15) is 0 Å². The molecule has 0 spiro atoms. The molecule has 0 aromatic heterocycles. The average Bonchev–Trinajstić information content (AvgIpc) is 3.00. The highest BCUT2D eigenvalue weighted by Crippen LogP contribution is 2.35. The van der Waals surface area contributed by atoms with E-state index < -0.39 is 0 Å². The van der Waals surface area contributed by atoms with Crippen molar-refractivity contribution in [2.75, 3.05) is 0 Å². The summed E-state index contributed by atoms with van der Waals surface area (Å²) in [6.45, 7) is 2.18. The average molecular weight is 314 g/mol. The van der Waals surface area contributed by atoms with Crippen LogP contribution in [0.2, 0.25) is 0 Å². The molecular weight excluding hydrogens is 298 g/mol. The summed E-state index contributed by atoms with van der Waals surface area (Å²) in [6.07, 6.45) is 3.52. The van der Waals surface area contributed by atoms with Crippen LogP contribution in [0.5, 0.6) is 0 Å². The van der Waals surface area contributed by atoms with Crippen molar-refractivity contribution in [2.45, 2.75) is 37.1 Å². The topological polar surface area (TPSA) is 29.1 Å². The molecule has 1 saturated carbocycles. The van der Waals surface area contributed by atoms with Crippen molar-refractivity contribution in [1.29, 1.82) is 0 Å². The van der Waals surface area contributed by atoms with Gasteiger partial charge in [0.25, 0.3) is 5.91 Å². The number of carbonyl (C=O) groups is 1. The van der Waals surface area contributed by atoms with Crippen LogP contribution in [0.3, 0.4) is 0 Å². The van der Waals surface area contributed by atoms with Crippen molar-refractivity contribution >= 4 is 34.5 Å². The lowest BCUT2D eigenvalue weighted by Gasteiger charge is -2.07. The van der Waals surface area contributed by atoms with E-state index in [-0.39, 0.29) is 5.91 Å². The lowest BCUT2D eigenvalue weighted by atomic mass is 10.2. The van der Waals surface area contributed by atoms with Crippen LogP contribution in [0.25, 0.3) is 0 Å². The molecule has 1 N–H and O–H groups in total. The number of hydrogen-bond acceptors (Lipinski definition) is 2. The highest BCUT2D eigenvalue weighted by molar-refractivity contribution is 9.10. The number of amides is 1. The molecule has 0 radical (unpaired) electrons. The molecule has 92 valence electrons. The van der Waals surface area contributed by atoms with Crippen molar-refractivity contribution in [3.8, 4) is 0 Å². The van der Waals surface area contributed by atoms with Crippen LogP contribution >= 0.6 is 28.6 Å². The summed E-state index contributed by atoms with van der Waals surface area (Å²) in [5.41, 5.74) is 0.666. The molecule has 2 unspecified atom stereocenters. The van der Waals surface area contributed by atoms with Crippen LogP contribution in [-0.2, 0) is 0 Å². The Labute approximate surface area is 116 Å². The molecule has 17 heavy (non-hydrogen) atoms. The predicted molar refractivity (Wildman–Crippen MR) is 75.7 cm³/mol. The fourth-order valence-electron chi connectivity index (χ4n) is 2.05. The van der Waals surface area contributed by atoms with Crippen LogP contribution in [0.1, 0.15) is 36.5 Å². The summed E-state index contributed by atoms with van der Waals surface area (Å²) in [5, 5.41) is 3.07. The molecule has 1 aliphatic carbocycles. The van der Waals surface area contributed by atoms with E-state index in [2.05, 4.69) is 40.8 Å². The molecule has 2 atom stereocenters. The number of benzene rings is 1. The summed E-state index contributed by atoms with van der Waals surface area (Å²) >= 11 is 7.65. The fourth-order valence-corrected chi connectivity index (χ4v) is 2.68. The molecule has 2 nitrogen and oxygen atoms in total. The SMILES string of the molecule is CCCC1CC1NC(=O)c1cc(S)ccc1Br. The van der Waals surface area contributed by atoms with Gasteiger partial charge in [0.05, 0.1) is 5.56 Å². The lowest BCUT2D eigenvalue weighted by molar-refractivity contribution is 0.0948. The maximum absolute atomic E-state index is 12.0. The first-order valence-corrected chi connectivity index (χ1v) is 7.15. The van der Waals surface area contributed by atoms with Crippen LogP contribution in [-0.4, -0.2) is 11.9 Å². The Kier molecular flexibility index (Phi) is 4.15. The molecule has 0 bridgehead atoms. The van der Waals surface area contributed by atoms with Gasteiger partial charge in [0.2, 0.25) is 0 Å². The largest absolute Gasteiger partial charge is 0.349 e. The predicted octanol–water partition coefficient (Wildman–Crippen LogP) is 3.66. The van der Waals surface area contributed by atoms with Gasteiger partial charge in [-0.25, -0.2) is 0 Å². The standard InChI is InChI=1S/C13H16BrNOS/c1-2-3-8-6-12(8)15-13(16)10-7-9(17)4-5-11(10)14/h4-5,7-8,12,17H,2-3,6H2,1H3,(H,15,16). The van der Waals surface area contributed by atoms with E-state index in [1.807, 2.05) is 12.1 Å². The van der Waals surface area contributed by atoms with Gasteiger partial charge < -0.3 is 5.32 Å². The van der Waals surface area contributed by atoms with E-state index in [1.165, 1.54) is 12.8 Å². The van der Waals surface area contributed by atoms with E-state index >= 15 is 0 Å². The van der Waals surface area contributed by atoms with Crippen molar-refractivity contribution in [3.05, 3.63) is 28.2 Å². The smallest absolute Gasteiger partial charge is 0.252 e. The Balaban J connectivity index is 1.98. The van der Waals surface area contributed by atoms with Gasteiger partial charge in [0.15, 0.2) is 0 Å². The Morgan fingerprint density at radius 2 is 2.35 bits per heavy atom. The van der Waals surface area contributed by atoms with E-state index in [1.54, 1.807) is 6.07 Å². The van der Waals surface area contributed by atoms with Gasteiger partial charge >= 0.3 is 0 Å². The van der Waals surface area contributed by atoms with Gasteiger partial charge in [-0.05, 0) is 52.9 Å². The van der Waals surface area contributed by atoms with Crippen molar-refractivity contribution in [3.63, 3.8) is 0 Å². The third-order valence-corrected chi connectivity index (χ3v) is 4.06. The number of hydrogen-bond donors (Lipinski definition) is 2. The molecule has 1 fully saturated rings. The highest BCUT2D eigenvalue weighted by atomic mass is 79.9. The fraction of sp³-hybridized carbons (Fsp3) is 0.462. The Bertz CT molecular complexity index is 435. The summed E-state index contributed by atoms with van der Waals surface area (Å²) in [4.78, 5) is 12.8. The molecule has 0 aliphatic heterocycles. The molecule has 2 rings (SSSR count). The van der Waals surface area contributed by atoms with E-state index in [9.17, 15) is 4.79 Å².